The predicted molar refractivity (Wildman–Crippen MR) is 75.4 cm³/mol. The molecule has 2 aliphatic rings. The zero-order chi connectivity index (χ0) is 14.2. The van der Waals surface area contributed by atoms with Crippen LogP contribution in [-0.2, 0) is 4.74 Å². The van der Waals surface area contributed by atoms with Crippen molar-refractivity contribution in [2.24, 2.45) is 0 Å². The highest BCUT2D eigenvalue weighted by Gasteiger charge is 2.44. The van der Waals surface area contributed by atoms with Crippen LogP contribution in [0.15, 0.2) is 18.2 Å². The van der Waals surface area contributed by atoms with Gasteiger partial charge in [-0.1, -0.05) is 0 Å². The molecule has 110 valence electrons. The van der Waals surface area contributed by atoms with Crippen LogP contribution in [-0.4, -0.2) is 25.9 Å². The maximum absolute atomic E-state index is 13.5. The standard InChI is InChI=1S/C16H22FNO2/c1-18-14-10-16(7-3-4-12(9-16)19-2)20-15-6-5-11(17)8-13(14)15/h5-6,8,12,14,18H,3-4,7,9-10H2,1-2H3. The summed E-state index contributed by atoms with van der Waals surface area (Å²) in [6.45, 7) is 0. The molecule has 1 N–H and O–H groups in total. The molecule has 1 heterocycles. The summed E-state index contributed by atoms with van der Waals surface area (Å²) in [6.07, 6.45) is 5.32. The summed E-state index contributed by atoms with van der Waals surface area (Å²) in [7, 11) is 3.69. The van der Waals surface area contributed by atoms with Crippen molar-refractivity contribution in [3.63, 3.8) is 0 Å². The molecule has 0 amide bonds. The Labute approximate surface area is 119 Å². The average Bonchev–Trinajstić information content (AvgIpc) is 2.47. The third kappa shape index (κ3) is 2.42. The molecule has 1 saturated carbocycles. The summed E-state index contributed by atoms with van der Waals surface area (Å²) in [5.74, 6) is 0.607. The van der Waals surface area contributed by atoms with Crippen LogP contribution in [0.2, 0.25) is 0 Å². The summed E-state index contributed by atoms with van der Waals surface area (Å²) in [6, 6.07) is 4.96. The van der Waals surface area contributed by atoms with E-state index in [0.717, 1.165) is 43.4 Å². The maximum atomic E-state index is 13.5. The fourth-order valence-corrected chi connectivity index (χ4v) is 3.65. The van der Waals surface area contributed by atoms with Crippen molar-refractivity contribution in [2.45, 2.75) is 49.9 Å². The first-order valence-electron chi connectivity index (χ1n) is 7.34. The second kappa shape index (κ2) is 5.34. The van der Waals surface area contributed by atoms with Crippen LogP contribution in [0.4, 0.5) is 4.39 Å². The lowest BCUT2D eigenvalue weighted by atomic mass is 9.76. The summed E-state index contributed by atoms with van der Waals surface area (Å²) in [5.41, 5.74) is 0.759. The first kappa shape index (κ1) is 13.8. The lowest BCUT2D eigenvalue weighted by molar-refractivity contribution is -0.0598. The Hall–Kier alpha value is -1.13. The molecule has 20 heavy (non-hydrogen) atoms. The van der Waals surface area contributed by atoms with Gasteiger partial charge in [0.2, 0.25) is 0 Å². The monoisotopic (exact) mass is 279 g/mol. The first-order chi connectivity index (χ1) is 9.65. The Morgan fingerprint density at radius 2 is 2.25 bits per heavy atom. The van der Waals surface area contributed by atoms with Gasteiger partial charge in [0.05, 0.1) is 6.10 Å². The fraction of sp³-hybridized carbons (Fsp3) is 0.625. The number of nitrogens with one attached hydrogen (secondary N) is 1. The molecule has 1 spiro atoms. The number of ether oxygens (including phenoxy) is 2. The third-order valence-corrected chi connectivity index (χ3v) is 4.69. The van der Waals surface area contributed by atoms with Gasteiger partial charge in [-0.05, 0) is 44.5 Å². The molecule has 0 saturated heterocycles. The number of hydrogen-bond donors (Lipinski definition) is 1. The second-order valence-corrected chi connectivity index (χ2v) is 5.97. The van der Waals surface area contributed by atoms with Gasteiger partial charge in [0.1, 0.15) is 17.2 Å². The molecular weight excluding hydrogens is 257 g/mol. The molecule has 3 rings (SSSR count). The molecule has 3 unspecified atom stereocenters. The SMILES string of the molecule is CNC1CC2(CCCC(OC)C2)Oc2ccc(F)cc21. The van der Waals surface area contributed by atoms with Gasteiger partial charge in [-0.15, -0.1) is 0 Å². The van der Waals surface area contributed by atoms with Gasteiger partial charge >= 0.3 is 0 Å². The van der Waals surface area contributed by atoms with Crippen molar-refractivity contribution in [1.82, 2.24) is 5.32 Å². The van der Waals surface area contributed by atoms with E-state index in [1.54, 1.807) is 19.2 Å². The van der Waals surface area contributed by atoms with E-state index >= 15 is 0 Å². The fourth-order valence-electron chi connectivity index (χ4n) is 3.65. The van der Waals surface area contributed by atoms with Gasteiger partial charge in [0.25, 0.3) is 0 Å². The van der Waals surface area contributed by atoms with Crippen molar-refractivity contribution < 1.29 is 13.9 Å². The number of benzene rings is 1. The topological polar surface area (TPSA) is 30.5 Å². The maximum Gasteiger partial charge on any atom is 0.125 e. The summed E-state index contributed by atoms with van der Waals surface area (Å²) >= 11 is 0. The lowest BCUT2D eigenvalue weighted by Gasteiger charge is -2.46. The van der Waals surface area contributed by atoms with E-state index in [4.69, 9.17) is 9.47 Å². The molecule has 0 radical (unpaired) electrons. The molecule has 1 fully saturated rings. The number of methoxy groups -OCH3 is 1. The normalized spacial score (nSPS) is 32.8. The van der Waals surface area contributed by atoms with Crippen molar-refractivity contribution in [1.29, 1.82) is 0 Å². The molecule has 4 heteroatoms. The highest BCUT2D eigenvalue weighted by atomic mass is 19.1. The van der Waals surface area contributed by atoms with Gasteiger partial charge in [-0.25, -0.2) is 4.39 Å². The molecule has 1 aliphatic carbocycles. The van der Waals surface area contributed by atoms with Gasteiger partial charge in [-0.2, -0.15) is 0 Å². The largest absolute Gasteiger partial charge is 0.487 e. The van der Waals surface area contributed by atoms with Crippen LogP contribution in [0.3, 0.4) is 0 Å². The van der Waals surface area contributed by atoms with Gasteiger partial charge in [0, 0.05) is 31.6 Å². The van der Waals surface area contributed by atoms with Crippen LogP contribution in [0.25, 0.3) is 0 Å². The molecule has 0 aromatic heterocycles. The number of fused-ring (bicyclic) bond motifs is 1. The Balaban J connectivity index is 1.92. The third-order valence-electron chi connectivity index (χ3n) is 4.69. The number of hydrogen-bond acceptors (Lipinski definition) is 3. The average molecular weight is 279 g/mol. The molecule has 1 aliphatic heterocycles. The van der Waals surface area contributed by atoms with Crippen LogP contribution in [0.5, 0.6) is 5.75 Å². The Morgan fingerprint density at radius 1 is 1.40 bits per heavy atom. The van der Waals surface area contributed by atoms with E-state index in [9.17, 15) is 4.39 Å². The van der Waals surface area contributed by atoms with E-state index in [2.05, 4.69) is 5.32 Å². The highest BCUT2D eigenvalue weighted by molar-refractivity contribution is 5.39. The van der Waals surface area contributed by atoms with Crippen LogP contribution >= 0.6 is 0 Å². The minimum absolute atomic E-state index is 0.144. The van der Waals surface area contributed by atoms with Crippen molar-refractivity contribution in [3.05, 3.63) is 29.6 Å². The van der Waals surface area contributed by atoms with Crippen LogP contribution in [0.1, 0.15) is 43.7 Å². The Kier molecular flexibility index (Phi) is 3.69. The van der Waals surface area contributed by atoms with Crippen molar-refractivity contribution in [2.75, 3.05) is 14.2 Å². The molecule has 1 aromatic rings. The van der Waals surface area contributed by atoms with Gasteiger partial charge < -0.3 is 14.8 Å². The summed E-state index contributed by atoms with van der Waals surface area (Å²) in [5, 5.41) is 3.30. The second-order valence-electron chi connectivity index (χ2n) is 5.97. The van der Waals surface area contributed by atoms with Crippen molar-refractivity contribution >= 4 is 0 Å². The van der Waals surface area contributed by atoms with E-state index in [1.807, 2.05) is 7.05 Å². The quantitative estimate of drug-likeness (QED) is 0.902. The minimum atomic E-state index is -0.207. The molecule has 0 bridgehead atoms. The van der Waals surface area contributed by atoms with Crippen LogP contribution in [0, 0.1) is 5.82 Å². The first-order valence-corrected chi connectivity index (χ1v) is 7.34. The minimum Gasteiger partial charge on any atom is -0.487 e. The zero-order valence-corrected chi connectivity index (χ0v) is 12.1. The zero-order valence-electron chi connectivity index (χ0n) is 12.1. The lowest BCUT2D eigenvalue weighted by Crippen LogP contribution is -2.48. The highest BCUT2D eigenvalue weighted by Crippen LogP contribution is 2.46. The Bertz CT molecular complexity index is 493. The Morgan fingerprint density at radius 3 is 3.00 bits per heavy atom. The summed E-state index contributed by atoms with van der Waals surface area (Å²) in [4.78, 5) is 0. The van der Waals surface area contributed by atoms with E-state index in [1.165, 1.54) is 6.07 Å². The summed E-state index contributed by atoms with van der Waals surface area (Å²) < 4.78 is 25.3. The predicted octanol–water partition coefficient (Wildman–Crippen LogP) is 3.20. The van der Waals surface area contributed by atoms with Crippen LogP contribution < -0.4 is 10.1 Å². The molecular formula is C16H22FNO2. The molecule has 3 nitrogen and oxygen atoms in total. The smallest absolute Gasteiger partial charge is 0.125 e. The van der Waals surface area contributed by atoms with Gasteiger partial charge in [-0.3, -0.25) is 0 Å². The van der Waals surface area contributed by atoms with E-state index in [-0.39, 0.29) is 23.6 Å². The number of rotatable bonds is 2. The van der Waals surface area contributed by atoms with E-state index < -0.39 is 0 Å². The molecule has 1 aromatic carbocycles. The van der Waals surface area contributed by atoms with Crippen molar-refractivity contribution in [3.8, 4) is 5.75 Å². The van der Waals surface area contributed by atoms with Gasteiger partial charge in [0.15, 0.2) is 0 Å². The van der Waals surface area contributed by atoms with E-state index in [0.29, 0.717) is 0 Å². The molecule has 3 atom stereocenters. The number of halogens is 1.